The molecule has 5 nitrogen and oxygen atoms in total. The van der Waals surface area contributed by atoms with Gasteiger partial charge in [0.2, 0.25) is 5.91 Å². The van der Waals surface area contributed by atoms with Crippen LogP contribution in [0.1, 0.15) is 23.4 Å². The van der Waals surface area contributed by atoms with Gasteiger partial charge in [-0.2, -0.15) is 0 Å². The largest absolute Gasteiger partial charge is 0.381 e. The summed E-state index contributed by atoms with van der Waals surface area (Å²) in [4.78, 5) is 17.2. The normalized spacial score (nSPS) is 18.9. The number of nitrogens with zero attached hydrogens (tertiary/aromatic N) is 1. The average molecular weight is 255 g/mol. The van der Waals surface area contributed by atoms with Crippen LogP contribution in [0.15, 0.2) is 5.51 Å². The summed E-state index contributed by atoms with van der Waals surface area (Å²) in [6.45, 7) is 3.56. The standard InChI is InChI=1S/C11H17N3O2S/c1-8-9(17-7-14-8)6-13-10(15)11(12)2-4-16-5-3-11/h7H,2-6,12H2,1H3,(H,13,15). The van der Waals surface area contributed by atoms with Crippen molar-refractivity contribution in [3.05, 3.63) is 16.1 Å². The molecule has 0 spiro atoms. The number of thiazole rings is 1. The Kier molecular flexibility index (Phi) is 3.76. The van der Waals surface area contributed by atoms with Gasteiger partial charge in [-0.3, -0.25) is 4.79 Å². The smallest absolute Gasteiger partial charge is 0.240 e. The number of hydrogen-bond donors (Lipinski definition) is 2. The number of aromatic nitrogens is 1. The number of nitrogens with two attached hydrogens (primary N) is 1. The lowest BCUT2D eigenvalue weighted by Gasteiger charge is -2.31. The minimum atomic E-state index is -0.767. The van der Waals surface area contributed by atoms with Crippen LogP contribution < -0.4 is 11.1 Å². The molecule has 1 aromatic rings. The summed E-state index contributed by atoms with van der Waals surface area (Å²) in [5, 5.41) is 2.89. The summed E-state index contributed by atoms with van der Waals surface area (Å²) in [6, 6.07) is 0. The molecule has 1 aliphatic heterocycles. The molecule has 0 aliphatic carbocycles. The molecule has 2 heterocycles. The lowest BCUT2D eigenvalue weighted by molar-refractivity contribution is -0.129. The average Bonchev–Trinajstić information content (AvgIpc) is 2.73. The fourth-order valence-electron chi connectivity index (χ4n) is 1.80. The maximum absolute atomic E-state index is 12.0. The first-order valence-corrected chi connectivity index (χ1v) is 6.54. The van der Waals surface area contributed by atoms with Crippen molar-refractivity contribution in [2.75, 3.05) is 13.2 Å². The SMILES string of the molecule is Cc1ncsc1CNC(=O)C1(N)CCOCC1. The molecule has 1 saturated heterocycles. The fourth-order valence-corrected chi connectivity index (χ4v) is 2.51. The van der Waals surface area contributed by atoms with E-state index in [-0.39, 0.29) is 5.91 Å². The van der Waals surface area contributed by atoms with Crippen LogP contribution in [0, 0.1) is 6.92 Å². The molecule has 2 rings (SSSR count). The van der Waals surface area contributed by atoms with E-state index < -0.39 is 5.54 Å². The summed E-state index contributed by atoms with van der Waals surface area (Å²) in [5.74, 6) is -0.0893. The monoisotopic (exact) mass is 255 g/mol. The lowest BCUT2D eigenvalue weighted by Crippen LogP contribution is -2.56. The van der Waals surface area contributed by atoms with Gasteiger partial charge in [-0.1, -0.05) is 0 Å². The van der Waals surface area contributed by atoms with E-state index in [0.29, 0.717) is 32.6 Å². The van der Waals surface area contributed by atoms with E-state index in [2.05, 4.69) is 10.3 Å². The zero-order chi connectivity index (χ0) is 12.3. The Morgan fingerprint density at radius 2 is 2.35 bits per heavy atom. The molecule has 0 saturated carbocycles. The Labute approximate surface area is 104 Å². The third kappa shape index (κ3) is 2.83. The second-order valence-electron chi connectivity index (χ2n) is 4.31. The Morgan fingerprint density at radius 3 is 2.94 bits per heavy atom. The maximum Gasteiger partial charge on any atom is 0.240 e. The summed E-state index contributed by atoms with van der Waals surface area (Å²) in [7, 11) is 0. The Bertz CT molecular complexity index is 399. The maximum atomic E-state index is 12.0. The molecule has 0 bridgehead atoms. The number of carbonyl (C=O) groups excluding carboxylic acids is 1. The molecular weight excluding hydrogens is 238 g/mol. The summed E-state index contributed by atoms with van der Waals surface area (Å²) in [5.41, 5.74) is 8.06. The van der Waals surface area contributed by atoms with Crippen LogP contribution in [0.3, 0.4) is 0 Å². The molecule has 0 aromatic carbocycles. The number of carbonyl (C=O) groups is 1. The van der Waals surface area contributed by atoms with Crippen molar-refractivity contribution in [2.45, 2.75) is 31.8 Å². The van der Waals surface area contributed by atoms with E-state index in [0.717, 1.165) is 10.6 Å². The van der Waals surface area contributed by atoms with Crippen molar-refractivity contribution < 1.29 is 9.53 Å². The van der Waals surface area contributed by atoms with Gasteiger partial charge in [0.15, 0.2) is 0 Å². The molecule has 0 radical (unpaired) electrons. The van der Waals surface area contributed by atoms with Gasteiger partial charge in [0.25, 0.3) is 0 Å². The van der Waals surface area contributed by atoms with Gasteiger partial charge >= 0.3 is 0 Å². The second kappa shape index (κ2) is 5.12. The van der Waals surface area contributed by atoms with Crippen LogP contribution in [-0.2, 0) is 16.1 Å². The van der Waals surface area contributed by atoms with Crippen LogP contribution in [0.25, 0.3) is 0 Å². The number of ether oxygens (including phenoxy) is 1. The Balaban J connectivity index is 1.91. The minimum Gasteiger partial charge on any atom is -0.381 e. The fraction of sp³-hybridized carbons (Fsp3) is 0.636. The van der Waals surface area contributed by atoms with Gasteiger partial charge in [0.1, 0.15) is 0 Å². The summed E-state index contributed by atoms with van der Waals surface area (Å²) >= 11 is 1.55. The van der Waals surface area contributed by atoms with E-state index in [9.17, 15) is 4.79 Å². The van der Waals surface area contributed by atoms with Crippen molar-refractivity contribution in [1.29, 1.82) is 0 Å². The van der Waals surface area contributed by atoms with Crippen molar-refractivity contribution in [3.8, 4) is 0 Å². The van der Waals surface area contributed by atoms with Gasteiger partial charge in [-0.25, -0.2) is 4.98 Å². The molecule has 1 amide bonds. The molecule has 3 N–H and O–H groups in total. The van der Waals surface area contributed by atoms with Crippen molar-refractivity contribution >= 4 is 17.2 Å². The molecule has 94 valence electrons. The van der Waals surface area contributed by atoms with Gasteiger partial charge in [0, 0.05) is 18.1 Å². The Hall–Kier alpha value is -0.980. The molecular formula is C11H17N3O2S. The van der Waals surface area contributed by atoms with E-state index >= 15 is 0 Å². The van der Waals surface area contributed by atoms with Gasteiger partial charge in [0.05, 0.1) is 23.3 Å². The van der Waals surface area contributed by atoms with Gasteiger partial charge in [-0.15, -0.1) is 11.3 Å². The molecule has 1 aliphatic rings. The third-order valence-corrected chi connectivity index (χ3v) is 4.03. The molecule has 1 fully saturated rings. The van der Waals surface area contributed by atoms with E-state index in [1.165, 1.54) is 0 Å². The highest BCUT2D eigenvalue weighted by atomic mass is 32.1. The number of rotatable bonds is 3. The first-order valence-electron chi connectivity index (χ1n) is 5.66. The highest BCUT2D eigenvalue weighted by Gasteiger charge is 2.35. The quantitative estimate of drug-likeness (QED) is 0.828. The van der Waals surface area contributed by atoms with Crippen LogP contribution >= 0.6 is 11.3 Å². The number of nitrogens with one attached hydrogen (secondary N) is 1. The van der Waals surface area contributed by atoms with Crippen molar-refractivity contribution in [3.63, 3.8) is 0 Å². The van der Waals surface area contributed by atoms with Crippen LogP contribution in [0.5, 0.6) is 0 Å². The second-order valence-corrected chi connectivity index (χ2v) is 5.25. The predicted molar refractivity (Wildman–Crippen MR) is 65.7 cm³/mol. The van der Waals surface area contributed by atoms with Crippen LogP contribution in [0.4, 0.5) is 0 Å². The van der Waals surface area contributed by atoms with E-state index in [1.807, 2.05) is 6.92 Å². The first-order chi connectivity index (χ1) is 8.12. The zero-order valence-electron chi connectivity index (χ0n) is 9.86. The first kappa shape index (κ1) is 12.5. The molecule has 6 heteroatoms. The van der Waals surface area contributed by atoms with Gasteiger partial charge in [-0.05, 0) is 19.8 Å². The molecule has 0 atom stereocenters. The van der Waals surface area contributed by atoms with Crippen molar-refractivity contribution in [1.82, 2.24) is 10.3 Å². The topological polar surface area (TPSA) is 77.2 Å². The number of amides is 1. The number of aryl methyl sites for hydroxylation is 1. The zero-order valence-corrected chi connectivity index (χ0v) is 10.7. The summed E-state index contributed by atoms with van der Waals surface area (Å²) in [6.07, 6.45) is 1.17. The van der Waals surface area contributed by atoms with Gasteiger partial charge < -0.3 is 15.8 Å². The van der Waals surface area contributed by atoms with Crippen LogP contribution in [-0.4, -0.2) is 29.6 Å². The van der Waals surface area contributed by atoms with Crippen LogP contribution in [0.2, 0.25) is 0 Å². The van der Waals surface area contributed by atoms with Crippen molar-refractivity contribution in [2.24, 2.45) is 5.73 Å². The molecule has 1 aromatic heterocycles. The molecule has 17 heavy (non-hydrogen) atoms. The predicted octanol–water partition coefficient (Wildman–Crippen LogP) is 0.576. The Morgan fingerprint density at radius 1 is 1.65 bits per heavy atom. The lowest BCUT2D eigenvalue weighted by atomic mass is 9.90. The number of hydrogen-bond acceptors (Lipinski definition) is 5. The highest BCUT2D eigenvalue weighted by molar-refractivity contribution is 7.09. The summed E-state index contributed by atoms with van der Waals surface area (Å²) < 4.78 is 5.22. The third-order valence-electron chi connectivity index (χ3n) is 3.09. The minimum absolute atomic E-state index is 0.0893. The van der Waals surface area contributed by atoms with E-state index in [4.69, 9.17) is 10.5 Å². The highest BCUT2D eigenvalue weighted by Crippen LogP contribution is 2.18. The van der Waals surface area contributed by atoms with E-state index in [1.54, 1.807) is 16.8 Å². The molecule has 0 unspecified atom stereocenters.